The Morgan fingerprint density at radius 1 is 1.38 bits per heavy atom. The summed E-state index contributed by atoms with van der Waals surface area (Å²) in [5, 5.41) is 0. The van der Waals surface area contributed by atoms with Crippen molar-refractivity contribution in [3.63, 3.8) is 0 Å². The van der Waals surface area contributed by atoms with Crippen molar-refractivity contribution in [2.24, 2.45) is 5.92 Å². The standard InChI is InChI=1S/C14H19NO/c1-11-3-5-12(6-4-11)14(10-16)13-7-8-15(2)9-13/h3-6,10,13-14H,7-9H2,1-2H3. The van der Waals surface area contributed by atoms with Crippen LogP contribution >= 0.6 is 0 Å². The van der Waals surface area contributed by atoms with Crippen LogP contribution in [0.5, 0.6) is 0 Å². The third-order valence-corrected chi connectivity index (χ3v) is 3.54. The Balaban J connectivity index is 2.16. The van der Waals surface area contributed by atoms with E-state index in [-0.39, 0.29) is 5.92 Å². The lowest BCUT2D eigenvalue weighted by molar-refractivity contribution is -0.110. The van der Waals surface area contributed by atoms with Crippen molar-refractivity contribution in [3.8, 4) is 0 Å². The third-order valence-electron chi connectivity index (χ3n) is 3.54. The predicted octanol–water partition coefficient (Wildman–Crippen LogP) is 2.23. The van der Waals surface area contributed by atoms with Crippen molar-refractivity contribution in [2.75, 3.05) is 20.1 Å². The summed E-state index contributed by atoms with van der Waals surface area (Å²) in [6.07, 6.45) is 2.25. The Morgan fingerprint density at radius 2 is 2.06 bits per heavy atom. The molecule has 0 aromatic heterocycles. The molecule has 1 aromatic rings. The van der Waals surface area contributed by atoms with E-state index in [1.54, 1.807) is 0 Å². The van der Waals surface area contributed by atoms with Crippen molar-refractivity contribution in [3.05, 3.63) is 35.4 Å². The third kappa shape index (κ3) is 2.33. The van der Waals surface area contributed by atoms with Gasteiger partial charge >= 0.3 is 0 Å². The monoisotopic (exact) mass is 217 g/mol. The van der Waals surface area contributed by atoms with E-state index < -0.39 is 0 Å². The van der Waals surface area contributed by atoms with Crippen molar-refractivity contribution < 1.29 is 4.79 Å². The number of aldehydes is 1. The first-order valence-corrected chi connectivity index (χ1v) is 5.91. The molecule has 2 nitrogen and oxygen atoms in total. The van der Waals surface area contributed by atoms with E-state index in [0.29, 0.717) is 5.92 Å². The van der Waals surface area contributed by atoms with Gasteiger partial charge in [0.2, 0.25) is 0 Å². The van der Waals surface area contributed by atoms with Crippen LogP contribution in [-0.2, 0) is 4.79 Å². The molecule has 86 valence electrons. The highest BCUT2D eigenvalue weighted by Gasteiger charge is 2.28. The molecule has 2 unspecified atom stereocenters. The van der Waals surface area contributed by atoms with Crippen LogP contribution in [0.3, 0.4) is 0 Å². The maximum Gasteiger partial charge on any atom is 0.127 e. The molecule has 2 rings (SSSR count). The zero-order valence-electron chi connectivity index (χ0n) is 10.0. The molecular formula is C14H19NO. The van der Waals surface area contributed by atoms with E-state index in [1.165, 1.54) is 11.1 Å². The Labute approximate surface area is 97.3 Å². The lowest BCUT2D eigenvalue weighted by Gasteiger charge is -2.18. The van der Waals surface area contributed by atoms with Gasteiger partial charge in [0, 0.05) is 12.5 Å². The fourth-order valence-electron chi connectivity index (χ4n) is 2.51. The van der Waals surface area contributed by atoms with Crippen molar-refractivity contribution in [1.29, 1.82) is 0 Å². The maximum atomic E-state index is 11.3. The highest BCUT2D eigenvalue weighted by atomic mass is 16.1. The molecule has 16 heavy (non-hydrogen) atoms. The van der Waals surface area contributed by atoms with Gasteiger partial charge in [-0.05, 0) is 38.4 Å². The highest BCUT2D eigenvalue weighted by molar-refractivity contribution is 5.63. The molecule has 0 bridgehead atoms. The number of nitrogens with zero attached hydrogens (tertiary/aromatic N) is 1. The fourth-order valence-corrected chi connectivity index (χ4v) is 2.51. The molecule has 0 aliphatic carbocycles. The van der Waals surface area contributed by atoms with Gasteiger partial charge in [0.25, 0.3) is 0 Å². The quantitative estimate of drug-likeness (QED) is 0.724. The van der Waals surface area contributed by atoms with Crippen LogP contribution < -0.4 is 0 Å². The van der Waals surface area contributed by atoms with Gasteiger partial charge in [-0.3, -0.25) is 0 Å². The van der Waals surface area contributed by atoms with Gasteiger partial charge in [0.05, 0.1) is 0 Å². The first-order valence-electron chi connectivity index (χ1n) is 5.91. The summed E-state index contributed by atoms with van der Waals surface area (Å²) in [6, 6.07) is 8.36. The van der Waals surface area contributed by atoms with Crippen molar-refractivity contribution in [2.45, 2.75) is 19.3 Å². The lowest BCUT2D eigenvalue weighted by Crippen LogP contribution is -2.19. The van der Waals surface area contributed by atoms with Crippen LogP contribution in [0, 0.1) is 12.8 Å². The summed E-state index contributed by atoms with van der Waals surface area (Å²) < 4.78 is 0. The molecule has 1 heterocycles. The smallest absolute Gasteiger partial charge is 0.127 e. The van der Waals surface area contributed by atoms with Crippen molar-refractivity contribution >= 4 is 6.29 Å². The first-order chi connectivity index (χ1) is 7.70. The summed E-state index contributed by atoms with van der Waals surface area (Å²) in [6.45, 7) is 4.22. The molecule has 0 saturated carbocycles. The molecule has 1 aromatic carbocycles. The normalized spacial score (nSPS) is 23.2. The van der Waals surface area contributed by atoms with E-state index in [0.717, 1.165) is 25.8 Å². The van der Waals surface area contributed by atoms with E-state index in [2.05, 4.69) is 43.1 Å². The van der Waals surface area contributed by atoms with Gasteiger partial charge in [0.15, 0.2) is 0 Å². The van der Waals surface area contributed by atoms with Gasteiger partial charge in [-0.2, -0.15) is 0 Å². The number of hydrogen-bond acceptors (Lipinski definition) is 2. The largest absolute Gasteiger partial charge is 0.306 e. The van der Waals surface area contributed by atoms with Gasteiger partial charge in [-0.15, -0.1) is 0 Å². The Kier molecular flexibility index (Phi) is 3.39. The Bertz CT molecular complexity index is 358. The minimum atomic E-state index is 0.0746. The molecule has 0 spiro atoms. The van der Waals surface area contributed by atoms with Crippen LogP contribution in [0.15, 0.2) is 24.3 Å². The van der Waals surface area contributed by atoms with E-state index in [4.69, 9.17) is 0 Å². The molecule has 0 radical (unpaired) electrons. The van der Waals surface area contributed by atoms with Gasteiger partial charge in [0.1, 0.15) is 6.29 Å². The summed E-state index contributed by atoms with van der Waals surface area (Å²) in [5.74, 6) is 0.566. The number of aryl methyl sites for hydroxylation is 1. The SMILES string of the molecule is Cc1ccc(C(C=O)C2CCN(C)C2)cc1. The average Bonchev–Trinajstić information content (AvgIpc) is 2.69. The summed E-state index contributed by atoms with van der Waals surface area (Å²) in [7, 11) is 2.12. The second-order valence-corrected chi connectivity index (χ2v) is 4.88. The average molecular weight is 217 g/mol. The van der Waals surface area contributed by atoms with Crippen LogP contribution in [0.2, 0.25) is 0 Å². The van der Waals surface area contributed by atoms with Gasteiger partial charge in [-0.1, -0.05) is 29.8 Å². The van der Waals surface area contributed by atoms with E-state index >= 15 is 0 Å². The van der Waals surface area contributed by atoms with Gasteiger partial charge < -0.3 is 9.69 Å². The van der Waals surface area contributed by atoms with Crippen LogP contribution in [-0.4, -0.2) is 31.3 Å². The number of carbonyl (C=O) groups is 1. The van der Waals surface area contributed by atoms with Crippen LogP contribution in [0.1, 0.15) is 23.5 Å². The maximum absolute atomic E-state index is 11.3. The predicted molar refractivity (Wildman–Crippen MR) is 65.6 cm³/mol. The molecule has 2 heteroatoms. The number of benzene rings is 1. The molecular weight excluding hydrogens is 198 g/mol. The minimum Gasteiger partial charge on any atom is -0.306 e. The molecule has 1 aliphatic rings. The fraction of sp³-hybridized carbons (Fsp3) is 0.500. The van der Waals surface area contributed by atoms with Gasteiger partial charge in [-0.25, -0.2) is 0 Å². The molecule has 1 fully saturated rings. The second kappa shape index (κ2) is 4.79. The summed E-state index contributed by atoms with van der Waals surface area (Å²) in [4.78, 5) is 13.6. The van der Waals surface area contributed by atoms with Crippen molar-refractivity contribution in [1.82, 2.24) is 4.90 Å². The molecule has 1 saturated heterocycles. The first kappa shape index (κ1) is 11.3. The zero-order chi connectivity index (χ0) is 11.5. The molecule has 2 atom stereocenters. The Morgan fingerprint density at radius 3 is 2.56 bits per heavy atom. The highest BCUT2D eigenvalue weighted by Crippen LogP contribution is 2.30. The lowest BCUT2D eigenvalue weighted by atomic mass is 9.86. The van der Waals surface area contributed by atoms with Crippen LogP contribution in [0.4, 0.5) is 0 Å². The number of carbonyl (C=O) groups excluding carboxylic acids is 1. The zero-order valence-corrected chi connectivity index (χ0v) is 10.0. The summed E-state index contributed by atoms with van der Waals surface area (Å²) >= 11 is 0. The van der Waals surface area contributed by atoms with E-state index in [9.17, 15) is 4.79 Å². The van der Waals surface area contributed by atoms with E-state index in [1.807, 2.05) is 0 Å². The Hall–Kier alpha value is -1.15. The number of likely N-dealkylation sites (tertiary alicyclic amines) is 1. The van der Waals surface area contributed by atoms with Crippen LogP contribution in [0.25, 0.3) is 0 Å². The summed E-state index contributed by atoms with van der Waals surface area (Å²) in [5.41, 5.74) is 2.41. The second-order valence-electron chi connectivity index (χ2n) is 4.88. The molecule has 1 aliphatic heterocycles. The topological polar surface area (TPSA) is 20.3 Å². The molecule has 0 N–H and O–H groups in total. The molecule has 0 amide bonds. The minimum absolute atomic E-state index is 0.0746. The number of rotatable bonds is 3. The number of hydrogen-bond donors (Lipinski definition) is 0.